The highest BCUT2D eigenvalue weighted by Crippen LogP contribution is 2.22. The Labute approximate surface area is 115 Å². The summed E-state index contributed by atoms with van der Waals surface area (Å²) in [6.45, 7) is 2.62. The van der Waals surface area contributed by atoms with E-state index in [0.29, 0.717) is 0 Å². The number of benzene rings is 1. The topological polar surface area (TPSA) is 18.5 Å². The maximum atomic E-state index is 5.70. The number of rotatable bonds is 5. The van der Waals surface area contributed by atoms with Crippen LogP contribution in [0.4, 0.5) is 0 Å². The first-order valence-electron chi connectivity index (χ1n) is 5.92. The molecule has 0 spiro atoms. The zero-order valence-electron chi connectivity index (χ0n) is 9.73. The summed E-state index contributed by atoms with van der Waals surface area (Å²) < 4.78 is 12.1. The lowest BCUT2D eigenvalue weighted by Crippen LogP contribution is -2.18. The van der Waals surface area contributed by atoms with E-state index in [1.807, 2.05) is 36.0 Å². The highest BCUT2D eigenvalue weighted by molar-refractivity contribution is 9.10. The van der Waals surface area contributed by atoms with Crippen molar-refractivity contribution in [2.75, 3.05) is 25.6 Å². The van der Waals surface area contributed by atoms with Crippen LogP contribution in [0.15, 0.2) is 28.7 Å². The molecule has 2 rings (SSSR count). The zero-order valence-corrected chi connectivity index (χ0v) is 12.1. The van der Waals surface area contributed by atoms with Crippen LogP contribution in [0.25, 0.3) is 0 Å². The first-order valence-corrected chi connectivity index (χ1v) is 7.76. The fourth-order valence-corrected chi connectivity index (χ4v) is 3.19. The molecule has 0 radical (unpaired) electrons. The third-order valence-corrected chi connectivity index (χ3v) is 4.51. The lowest BCUT2D eigenvalue weighted by Gasteiger charge is -2.21. The Hall–Kier alpha value is -0.190. The van der Waals surface area contributed by atoms with Crippen molar-refractivity contribution in [1.29, 1.82) is 0 Å². The Morgan fingerprint density at radius 1 is 1.35 bits per heavy atom. The second-order valence-electron chi connectivity index (χ2n) is 3.99. The van der Waals surface area contributed by atoms with Crippen molar-refractivity contribution in [3.63, 3.8) is 0 Å². The summed E-state index contributed by atoms with van der Waals surface area (Å²) in [4.78, 5) is 0. The Balaban J connectivity index is 1.62. The van der Waals surface area contributed by atoms with Crippen molar-refractivity contribution < 1.29 is 9.47 Å². The van der Waals surface area contributed by atoms with Gasteiger partial charge in [0.15, 0.2) is 0 Å². The van der Waals surface area contributed by atoms with Gasteiger partial charge in [0.1, 0.15) is 5.75 Å². The van der Waals surface area contributed by atoms with E-state index in [2.05, 4.69) is 15.9 Å². The third-order valence-electron chi connectivity index (χ3n) is 2.67. The van der Waals surface area contributed by atoms with Crippen LogP contribution >= 0.6 is 27.7 Å². The minimum absolute atomic E-state index is 0.759. The van der Waals surface area contributed by atoms with Gasteiger partial charge in [-0.15, -0.1) is 0 Å². The fraction of sp³-hybridized carbons (Fsp3) is 0.538. The summed E-state index contributed by atoms with van der Waals surface area (Å²) in [5.41, 5.74) is 0. The largest absolute Gasteiger partial charge is 0.493 e. The summed E-state index contributed by atoms with van der Waals surface area (Å²) in [6, 6.07) is 7.98. The molecule has 0 aromatic heterocycles. The van der Waals surface area contributed by atoms with Crippen LogP contribution in [0.1, 0.15) is 12.8 Å². The molecular weight excluding hydrogens is 300 g/mol. The normalized spacial score (nSPS) is 17.0. The van der Waals surface area contributed by atoms with Gasteiger partial charge in [0.2, 0.25) is 0 Å². The fourth-order valence-electron chi connectivity index (χ4n) is 1.77. The molecule has 1 fully saturated rings. The Morgan fingerprint density at radius 2 is 2.18 bits per heavy atom. The van der Waals surface area contributed by atoms with Gasteiger partial charge in [-0.2, -0.15) is 11.8 Å². The molecular formula is C13H17BrO2S. The van der Waals surface area contributed by atoms with Crippen LogP contribution in [-0.2, 0) is 4.74 Å². The summed E-state index contributed by atoms with van der Waals surface area (Å²) in [6.07, 6.45) is 2.36. The highest BCUT2D eigenvalue weighted by atomic mass is 79.9. The van der Waals surface area contributed by atoms with Crippen LogP contribution in [0.3, 0.4) is 0 Å². The second kappa shape index (κ2) is 7.29. The van der Waals surface area contributed by atoms with Crippen molar-refractivity contribution in [2.24, 2.45) is 0 Å². The molecule has 0 saturated carbocycles. The minimum atomic E-state index is 0.759. The molecule has 0 bridgehead atoms. The van der Waals surface area contributed by atoms with Gasteiger partial charge < -0.3 is 9.47 Å². The zero-order chi connectivity index (χ0) is 11.9. The lowest BCUT2D eigenvalue weighted by molar-refractivity contribution is 0.1000. The Bertz CT molecular complexity index is 340. The van der Waals surface area contributed by atoms with Crippen molar-refractivity contribution >= 4 is 27.7 Å². The van der Waals surface area contributed by atoms with E-state index in [9.17, 15) is 0 Å². The Kier molecular flexibility index (Phi) is 5.68. The van der Waals surface area contributed by atoms with Gasteiger partial charge in [0.05, 0.1) is 6.61 Å². The van der Waals surface area contributed by atoms with E-state index < -0.39 is 0 Å². The maximum Gasteiger partial charge on any atom is 0.120 e. The minimum Gasteiger partial charge on any atom is -0.493 e. The molecule has 1 saturated heterocycles. The molecule has 0 unspecified atom stereocenters. The molecule has 1 aliphatic rings. The molecule has 1 aromatic carbocycles. The summed E-state index contributed by atoms with van der Waals surface area (Å²) in [5, 5.41) is 0.759. The number of hydrogen-bond acceptors (Lipinski definition) is 3. The van der Waals surface area contributed by atoms with E-state index in [0.717, 1.165) is 41.0 Å². The van der Waals surface area contributed by atoms with Crippen LogP contribution < -0.4 is 4.74 Å². The van der Waals surface area contributed by atoms with Gasteiger partial charge in [-0.1, -0.05) is 22.0 Å². The molecule has 2 nitrogen and oxygen atoms in total. The van der Waals surface area contributed by atoms with Crippen LogP contribution in [0.5, 0.6) is 5.75 Å². The van der Waals surface area contributed by atoms with Crippen molar-refractivity contribution in [3.8, 4) is 5.75 Å². The van der Waals surface area contributed by atoms with Crippen molar-refractivity contribution in [2.45, 2.75) is 18.1 Å². The summed E-state index contributed by atoms with van der Waals surface area (Å²) in [7, 11) is 0. The molecule has 0 amide bonds. The van der Waals surface area contributed by atoms with Crippen molar-refractivity contribution in [1.82, 2.24) is 0 Å². The quantitative estimate of drug-likeness (QED) is 0.771. The van der Waals surface area contributed by atoms with Gasteiger partial charge in [-0.25, -0.2) is 0 Å². The smallest absolute Gasteiger partial charge is 0.120 e. The van der Waals surface area contributed by atoms with Crippen LogP contribution in [0, 0.1) is 0 Å². The van der Waals surface area contributed by atoms with Gasteiger partial charge in [0, 0.05) is 28.7 Å². The average molecular weight is 317 g/mol. The molecule has 0 atom stereocenters. The molecule has 4 heteroatoms. The van der Waals surface area contributed by atoms with Gasteiger partial charge in [-0.3, -0.25) is 0 Å². The monoisotopic (exact) mass is 316 g/mol. The molecule has 94 valence electrons. The van der Waals surface area contributed by atoms with Crippen LogP contribution in [0.2, 0.25) is 0 Å². The molecule has 17 heavy (non-hydrogen) atoms. The third kappa shape index (κ3) is 4.90. The number of ether oxygens (including phenoxy) is 2. The first-order chi connectivity index (χ1) is 8.34. The van der Waals surface area contributed by atoms with E-state index >= 15 is 0 Å². The second-order valence-corrected chi connectivity index (χ2v) is 6.31. The number of halogens is 1. The van der Waals surface area contributed by atoms with E-state index in [4.69, 9.17) is 9.47 Å². The molecule has 0 N–H and O–H groups in total. The first kappa shape index (κ1) is 13.2. The number of thioether (sulfide) groups is 1. The standard InChI is InChI=1S/C13H17BrO2S/c14-11-2-1-3-12(10-11)16-8-9-17-13-4-6-15-7-5-13/h1-3,10,13H,4-9H2. The molecule has 1 heterocycles. The molecule has 0 aliphatic carbocycles. The lowest BCUT2D eigenvalue weighted by atomic mass is 10.2. The Morgan fingerprint density at radius 3 is 2.94 bits per heavy atom. The highest BCUT2D eigenvalue weighted by Gasteiger charge is 2.13. The van der Waals surface area contributed by atoms with Gasteiger partial charge >= 0.3 is 0 Å². The van der Waals surface area contributed by atoms with Crippen LogP contribution in [-0.4, -0.2) is 30.8 Å². The summed E-state index contributed by atoms with van der Waals surface area (Å²) >= 11 is 5.44. The molecule has 1 aliphatic heterocycles. The van der Waals surface area contributed by atoms with E-state index in [1.54, 1.807) is 0 Å². The predicted octanol–water partition coefficient (Wildman–Crippen LogP) is 3.74. The molecule has 1 aromatic rings. The summed E-state index contributed by atoms with van der Waals surface area (Å²) in [5.74, 6) is 1.99. The van der Waals surface area contributed by atoms with Gasteiger partial charge in [-0.05, 0) is 31.0 Å². The number of hydrogen-bond donors (Lipinski definition) is 0. The van der Waals surface area contributed by atoms with E-state index in [1.165, 1.54) is 12.8 Å². The van der Waals surface area contributed by atoms with E-state index in [-0.39, 0.29) is 0 Å². The SMILES string of the molecule is Brc1cccc(OCCSC2CCOCC2)c1. The maximum absolute atomic E-state index is 5.70. The predicted molar refractivity (Wildman–Crippen MR) is 75.9 cm³/mol. The average Bonchev–Trinajstić information content (AvgIpc) is 2.36. The van der Waals surface area contributed by atoms with Gasteiger partial charge in [0.25, 0.3) is 0 Å². The van der Waals surface area contributed by atoms with Crippen molar-refractivity contribution in [3.05, 3.63) is 28.7 Å².